The van der Waals surface area contributed by atoms with Crippen LogP contribution < -0.4 is 5.32 Å². The summed E-state index contributed by atoms with van der Waals surface area (Å²) in [5.41, 5.74) is 0.519. The summed E-state index contributed by atoms with van der Waals surface area (Å²) >= 11 is 3.51. The van der Waals surface area contributed by atoms with Crippen LogP contribution >= 0.6 is 15.9 Å². The average Bonchev–Trinajstić information content (AvgIpc) is 2.50. The number of nitrogens with zero attached hydrogens (tertiary/aromatic N) is 2. The van der Waals surface area contributed by atoms with E-state index in [9.17, 15) is 9.90 Å². The molecule has 19 heavy (non-hydrogen) atoms. The number of aromatic nitrogens is 2. The van der Waals surface area contributed by atoms with E-state index >= 15 is 0 Å². The summed E-state index contributed by atoms with van der Waals surface area (Å²) < 4.78 is 2.77. The number of hydrogen-bond acceptors (Lipinski definition) is 3. The maximum Gasteiger partial charge on any atom is 0.310 e. The molecule has 0 radical (unpaired) electrons. The zero-order chi connectivity index (χ0) is 15.0. The van der Waals surface area contributed by atoms with E-state index in [1.54, 1.807) is 18.5 Å². The molecule has 1 rings (SSSR count). The summed E-state index contributed by atoms with van der Waals surface area (Å²) in [6.07, 6.45) is 0. The molecule has 1 aromatic rings. The number of aryl methyl sites for hydroxylation is 2. The summed E-state index contributed by atoms with van der Waals surface area (Å²) in [5.74, 6) is -0.815. The highest BCUT2D eigenvalue weighted by Gasteiger charge is 2.43. The van der Waals surface area contributed by atoms with E-state index in [1.165, 1.54) is 0 Å². The Labute approximate surface area is 122 Å². The number of rotatable bonds is 5. The number of halogens is 1. The van der Waals surface area contributed by atoms with Gasteiger partial charge in [0, 0.05) is 19.1 Å². The molecule has 0 aliphatic rings. The smallest absolute Gasteiger partial charge is 0.310 e. The van der Waals surface area contributed by atoms with E-state index in [1.807, 2.05) is 27.8 Å². The van der Waals surface area contributed by atoms with Gasteiger partial charge in [0.25, 0.3) is 0 Å². The Kier molecular flexibility index (Phi) is 4.47. The fourth-order valence-electron chi connectivity index (χ4n) is 1.67. The zero-order valence-electron chi connectivity index (χ0n) is 12.3. The van der Waals surface area contributed by atoms with Crippen LogP contribution in [-0.4, -0.2) is 26.4 Å². The Morgan fingerprint density at radius 3 is 2.32 bits per heavy atom. The minimum Gasteiger partial charge on any atom is -0.481 e. The minimum absolute atomic E-state index is 0.545. The standard InChI is InChI=1S/C13H22BrN3O2/c1-8-10(14)9(17(6)16-8)7-15-13(4,5)12(2,3)11(18)19/h15H,7H2,1-6H3,(H,18,19). The van der Waals surface area contributed by atoms with Crippen LogP contribution in [0.4, 0.5) is 0 Å². The zero-order valence-corrected chi connectivity index (χ0v) is 13.9. The number of nitrogens with one attached hydrogen (secondary N) is 1. The first-order chi connectivity index (χ1) is 8.50. The second kappa shape index (κ2) is 5.25. The summed E-state index contributed by atoms with van der Waals surface area (Å²) in [6, 6.07) is 0. The lowest BCUT2D eigenvalue weighted by molar-refractivity contribution is -0.151. The monoisotopic (exact) mass is 331 g/mol. The van der Waals surface area contributed by atoms with Crippen LogP contribution in [-0.2, 0) is 18.4 Å². The van der Waals surface area contributed by atoms with Crippen molar-refractivity contribution in [3.8, 4) is 0 Å². The van der Waals surface area contributed by atoms with E-state index in [2.05, 4.69) is 26.3 Å². The van der Waals surface area contributed by atoms with Crippen LogP contribution in [0.1, 0.15) is 39.1 Å². The largest absolute Gasteiger partial charge is 0.481 e. The van der Waals surface area contributed by atoms with Gasteiger partial charge in [-0.3, -0.25) is 9.48 Å². The van der Waals surface area contributed by atoms with Crippen molar-refractivity contribution in [1.82, 2.24) is 15.1 Å². The van der Waals surface area contributed by atoms with Crippen molar-refractivity contribution in [3.05, 3.63) is 15.9 Å². The van der Waals surface area contributed by atoms with Gasteiger partial charge >= 0.3 is 5.97 Å². The maximum atomic E-state index is 11.4. The van der Waals surface area contributed by atoms with Gasteiger partial charge in [0.05, 0.1) is 21.3 Å². The van der Waals surface area contributed by atoms with Crippen molar-refractivity contribution < 1.29 is 9.90 Å². The van der Waals surface area contributed by atoms with E-state index in [0.29, 0.717) is 6.54 Å². The minimum atomic E-state index is -0.868. The average molecular weight is 332 g/mol. The van der Waals surface area contributed by atoms with Crippen molar-refractivity contribution in [2.24, 2.45) is 12.5 Å². The third-order valence-electron chi connectivity index (χ3n) is 4.06. The molecule has 0 atom stereocenters. The van der Waals surface area contributed by atoms with Gasteiger partial charge in [0.2, 0.25) is 0 Å². The molecular weight excluding hydrogens is 310 g/mol. The molecule has 0 bridgehead atoms. The number of carboxylic acid groups (broad SMARTS) is 1. The summed E-state index contributed by atoms with van der Waals surface area (Å²) in [5, 5.41) is 17.0. The highest BCUT2D eigenvalue weighted by atomic mass is 79.9. The van der Waals surface area contributed by atoms with Gasteiger partial charge in [0.1, 0.15) is 0 Å². The number of aliphatic carboxylic acids is 1. The summed E-state index contributed by atoms with van der Waals surface area (Å²) in [6.45, 7) is 9.75. The molecule has 108 valence electrons. The molecule has 0 spiro atoms. The van der Waals surface area contributed by atoms with Crippen molar-refractivity contribution in [1.29, 1.82) is 0 Å². The summed E-state index contributed by atoms with van der Waals surface area (Å²) in [4.78, 5) is 11.4. The predicted octanol–water partition coefficient (Wildman–Crippen LogP) is 2.47. The molecular formula is C13H22BrN3O2. The van der Waals surface area contributed by atoms with Crippen LogP contribution in [0, 0.1) is 12.3 Å². The molecule has 0 saturated heterocycles. The Balaban J connectivity index is 2.89. The topological polar surface area (TPSA) is 67.2 Å². The van der Waals surface area contributed by atoms with Crippen molar-refractivity contribution in [2.45, 2.75) is 46.7 Å². The molecule has 5 nitrogen and oxygen atoms in total. The van der Waals surface area contributed by atoms with Gasteiger partial charge in [-0.25, -0.2) is 0 Å². The van der Waals surface area contributed by atoms with Gasteiger partial charge < -0.3 is 10.4 Å². The van der Waals surface area contributed by atoms with E-state index < -0.39 is 16.9 Å². The molecule has 1 aromatic heterocycles. The Morgan fingerprint density at radius 1 is 1.42 bits per heavy atom. The third-order valence-corrected chi connectivity index (χ3v) is 5.09. The second-order valence-corrected chi connectivity index (χ2v) is 6.67. The number of carbonyl (C=O) groups is 1. The van der Waals surface area contributed by atoms with Gasteiger partial charge in [-0.05, 0) is 50.5 Å². The Hall–Kier alpha value is -0.880. The molecule has 0 amide bonds. The molecule has 0 saturated carbocycles. The molecule has 0 unspecified atom stereocenters. The molecule has 0 aliphatic heterocycles. The number of hydrogen-bond donors (Lipinski definition) is 2. The van der Waals surface area contributed by atoms with E-state index in [4.69, 9.17) is 0 Å². The van der Waals surface area contributed by atoms with Gasteiger partial charge in [-0.2, -0.15) is 5.10 Å². The highest BCUT2D eigenvalue weighted by Crippen LogP contribution is 2.31. The normalized spacial score (nSPS) is 12.8. The van der Waals surface area contributed by atoms with Crippen LogP contribution in [0.2, 0.25) is 0 Å². The van der Waals surface area contributed by atoms with Gasteiger partial charge in [0.15, 0.2) is 0 Å². The lowest BCUT2D eigenvalue weighted by atomic mass is 9.74. The lowest BCUT2D eigenvalue weighted by Gasteiger charge is -2.39. The Morgan fingerprint density at radius 2 is 1.95 bits per heavy atom. The molecule has 1 heterocycles. The second-order valence-electron chi connectivity index (χ2n) is 5.88. The predicted molar refractivity (Wildman–Crippen MR) is 78.0 cm³/mol. The maximum absolute atomic E-state index is 11.4. The first-order valence-electron chi connectivity index (χ1n) is 6.17. The van der Waals surface area contributed by atoms with Crippen LogP contribution in [0.3, 0.4) is 0 Å². The first kappa shape index (κ1) is 16.2. The van der Waals surface area contributed by atoms with Gasteiger partial charge in [-0.1, -0.05) is 0 Å². The van der Waals surface area contributed by atoms with Crippen molar-refractivity contribution >= 4 is 21.9 Å². The fourth-order valence-corrected chi connectivity index (χ4v) is 2.14. The summed E-state index contributed by atoms with van der Waals surface area (Å²) in [7, 11) is 1.88. The molecule has 0 fully saturated rings. The number of carboxylic acids is 1. The first-order valence-corrected chi connectivity index (χ1v) is 6.96. The van der Waals surface area contributed by atoms with E-state index in [-0.39, 0.29) is 0 Å². The SMILES string of the molecule is Cc1nn(C)c(CNC(C)(C)C(C)(C)C(=O)O)c1Br. The lowest BCUT2D eigenvalue weighted by Crippen LogP contribution is -2.54. The quantitative estimate of drug-likeness (QED) is 0.869. The molecule has 6 heteroatoms. The fraction of sp³-hybridized carbons (Fsp3) is 0.692. The van der Waals surface area contributed by atoms with Gasteiger partial charge in [-0.15, -0.1) is 0 Å². The molecule has 0 aliphatic carbocycles. The Bertz CT molecular complexity index is 492. The highest BCUT2D eigenvalue weighted by molar-refractivity contribution is 9.10. The van der Waals surface area contributed by atoms with Crippen LogP contribution in [0.5, 0.6) is 0 Å². The molecule has 2 N–H and O–H groups in total. The van der Waals surface area contributed by atoms with E-state index in [0.717, 1.165) is 15.9 Å². The molecule has 0 aromatic carbocycles. The van der Waals surface area contributed by atoms with Crippen LogP contribution in [0.25, 0.3) is 0 Å². The van der Waals surface area contributed by atoms with Crippen molar-refractivity contribution in [2.75, 3.05) is 0 Å². The van der Waals surface area contributed by atoms with Crippen molar-refractivity contribution in [3.63, 3.8) is 0 Å². The van der Waals surface area contributed by atoms with Crippen LogP contribution in [0.15, 0.2) is 4.47 Å². The third kappa shape index (κ3) is 3.00.